The van der Waals surface area contributed by atoms with Crippen molar-refractivity contribution in [2.45, 2.75) is 44.8 Å². The number of ether oxygens (including phenoxy) is 2. The number of nitrogens with zero attached hydrogens (tertiary/aromatic N) is 3. The lowest BCUT2D eigenvalue weighted by Gasteiger charge is -2.20. The van der Waals surface area contributed by atoms with Crippen LogP contribution in [0.4, 0.5) is 0 Å². The topological polar surface area (TPSA) is 121 Å². The van der Waals surface area contributed by atoms with E-state index in [0.717, 1.165) is 32.1 Å². The smallest absolute Gasteiger partial charge is 0.328 e. The van der Waals surface area contributed by atoms with E-state index in [9.17, 15) is 14.4 Å². The van der Waals surface area contributed by atoms with E-state index in [2.05, 4.69) is 15.0 Å². The Balaban J connectivity index is 2.53. The lowest BCUT2D eigenvalue weighted by molar-refractivity contribution is -0.149. The van der Waals surface area contributed by atoms with Crippen molar-refractivity contribution in [2.75, 3.05) is 33.4 Å². The number of ketones is 1. The number of methoxy groups -OCH3 is 1. The number of nitrogens with one attached hydrogen (secondary N) is 1. The maximum Gasteiger partial charge on any atom is 0.328 e. The van der Waals surface area contributed by atoms with E-state index in [4.69, 9.17) is 15.0 Å². The highest BCUT2D eigenvalue weighted by molar-refractivity contribution is 6.25. The second-order valence-corrected chi connectivity index (χ2v) is 5.90. The van der Waals surface area contributed by atoms with E-state index < -0.39 is 29.8 Å². The van der Waals surface area contributed by atoms with Crippen LogP contribution < -0.4 is 5.32 Å². The Morgan fingerprint density at radius 1 is 1.32 bits per heavy atom. The fourth-order valence-corrected chi connectivity index (χ4v) is 2.44. The van der Waals surface area contributed by atoms with Crippen LogP contribution in [0.15, 0.2) is 0 Å². The summed E-state index contributed by atoms with van der Waals surface area (Å²) in [5, 5.41) is 2.53. The number of hydrogen-bond donors (Lipinski definition) is 1. The van der Waals surface area contributed by atoms with E-state index >= 15 is 0 Å². The van der Waals surface area contributed by atoms with Gasteiger partial charge in [0.1, 0.15) is 18.8 Å². The van der Waals surface area contributed by atoms with Gasteiger partial charge in [-0.05, 0) is 39.3 Å². The summed E-state index contributed by atoms with van der Waals surface area (Å²) in [6, 6.07) is -0.959. The maximum atomic E-state index is 12.2. The molecule has 1 aliphatic rings. The van der Waals surface area contributed by atoms with Gasteiger partial charge in [-0.25, -0.2) is 4.79 Å². The molecule has 25 heavy (non-hydrogen) atoms. The minimum Gasteiger partial charge on any atom is -0.463 e. The zero-order valence-electron chi connectivity index (χ0n) is 14.8. The highest BCUT2D eigenvalue weighted by atomic mass is 16.5. The molecule has 0 spiro atoms. The van der Waals surface area contributed by atoms with Crippen molar-refractivity contribution in [3.63, 3.8) is 0 Å². The third-order valence-electron chi connectivity index (χ3n) is 4.06. The van der Waals surface area contributed by atoms with Gasteiger partial charge in [-0.1, -0.05) is 0 Å². The molecule has 9 heteroatoms. The van der Waals surface area contributed by atoms with Gasteiger partial charge in [0.25, 0.3) is 0 Å². The van der Waals surface area contributed by atoms with Crippen LogP contribution in [-0.4, -0.2) is 79.1 Å². The van der Waals surface area contributed by atoms with E-state index in [1.807, 2.05) is 0 Å². The monoisotopic (exact) mass is 354 g/mol. The number of esters is 1. The summed E-state index contributed by atoms with van der Waals surface area (Å²) in [6.45, 7) is 4.43. The largest absolute Gasteiger partial charge is 0.463 e. The van der Waals surface area contributed by atoms with Gasteiger partial charge < -0.3 is 20.3 Å². The van der Waals surface area contributed by atoms with Gasteiger partial charge in [-0.3, -0.25) is 14.5 Å². The van der Waals surface area contributed by atoms with Gasteiger partial charge >= 0.3 is 12.2 Å². The van der Waals surface area contributed by atoms with Crippen molar-refractivity contribution >= 4 is 23.9 Å². The van der Waals surface area contributed by atoms with Crippen molar-refractivity contribution in [3.05, 3.63) is 5.53 Å². The van der Waals surface area contributed by atoms with Crippen LogP contribution in [0.1, 0.15) is 32.6 Å². The first-order valence-electron chi connectivity index (χ1n) is 8.40. The minimum absolute atomic E-state index is 0.0512. The van der Waals surface area contributed by atoms with E-state index in [0.29, 0.717) is 6.54 Å². The number of Topliss-reactive ketones (excluding diaryl/α,β-unsaturated/α-hetero) is 1. The average Bonchev–Trinajstić information content (AvgIpc) is 3.11. The van der Waals surface area contributed by atoms with Crippen LogP contribution >= 0.6 is 0 Å². The zero-order chi connectivity index (χ0) is 18.7. The number of amides is 1. The summed E-state index contributed by atoms with van der Waals surface area (Å²) in [5.41, 5.74) is 8.35. The van der Waals surface area contributed by atoms with Gasteiger partial charge in [0.15, 0.2) is 0 Å². The first-order chi connectivity index (χ1) is 12.0. The molecule has 140 valence electrons. The number of carbonyl (C=O) groups is 3. The first kappa shape index (κ1) is 21.0. The van der Waals surface area contributed by atoms with E-state index in [1.165, 1.54) is 7.11 Å². The quantitative estimate of drug-likeness (QED) is 0.237. The predicted octanol–water partition coefficient (Wildman–Crippen LogP) is -0.205. The molecule has 1 aliphatic heterocycles. The molecule has 1 fully saturated rings. The molecule has 1 amide bonds. The minimum atomic E-state index is -0.959. The molecule has 1 rings (SSSR count). The molecule has 0 saturated carbocycles. The van der Waals surface area contributed by atoms with Gasteiger partial charge in [-0.15, -0.1) is 0 Å². The van der Waals surface area contributed by atoms with Crippen molar-refractivity contribution < 1.29 is 28.6 Å². The molecule has 0 aromatic carbocycles. The van der Waals surface area contributed by atoms with E-state index in [-0.39, 0.29) is 19.4 Å². The number of carbonyl (C=O) groups excluding carboxylic acids is 3. The fourth-order valence-electron chi connectivity index (χ4n) is 2.44. The van der Waals surface area contributed by atoms with Crippen LogP contribution in [0.2, 0.25) is 0 Å². The molecule has 9 nitrogen and oxygen atoms in total. The van der Waals surface area contributed by atoms with Crippen molar-refractivity contribution in [1.29, 1.82) is 0 Å². The lowest BCUT2D eigenvalue weighted by atomic mass is 10.1. The number of likely N-dealkylation sites (tertiary alicyclic amines) is 1. The Kier molecular flexibility index (Phi) is 9.61. The standard InChI is InChI=1S/C16H26N4O5/c1-12(24-2)15(22)19-14(6-5-13(21)11-18-17)16(23)25-10-9-20-7-3-4-8-20/h11-12,14H,3-10H2,1-2H3,(H,19,22)/t12-,14-/m0/s1. The van der Waals surface area contributed by atoms with Crippen LogP contribution in [0.25, 0.3) is 5.53 Å². The molecular weight excluding hydrogens is 328 g/mol. The highest BCUT2D eigenvalue weighted by Crippen LogP contribution is 2.07. The molecule has 1 N–H and O–H groups in total. The fraction of sp³-hybridized carbons (Fsp3) is 0.750. The zero-order valence-corrected chi connectivity index (χ0v) is 14.8. The van der Waals surface area contributed by atoms with Gasteiger partial charge in [0.2, 0.25) is 11.7 Å². The second-order valence-electron chi connectivity index (χ2n) is 5.90. The molecule has 1 heterocycles. The Hall–Kier alpha value is -2.09. The molecule has 0 bridgehead atoms. The lowest BCUT2D eigenvalue weighted by Crippen LogP contribution is -2.46. The van der Waals surface area contributed by atoms with Crippen LogP contribution in [0.5, 0.6) is 0 Å². The first-order valence-corrected chi connectivity index (χ1v) is 8.40. The van der Waals surface area contributed by atoms with Gasteiger partial charge in [0.05, 0.1) is 0 Å². The third kappa shape index (κ3) is 8.02. The number of hydrogen-bond acceptors (Lipinski definition) is 6. The molecule has 1 saturated heterocycles. The maximum absolute atomic E-state index is 12.2. The molecule has 0 aromatic rings. The van der Waals surface area contributed by atoms with Crippen molar-refractivity contribution in [1.82, 2.24) is 10.2 Å². The molecule has 0 aromatic heterocycles. The Bertz CT molecular complexity index is 513. The Morgan fingerprint density at radius 2 is 2.00 bits per heavy atom. The second kappa shape index (κ2) is 11.5. The average molecular weight is 354 g/mol. The molecule has 0 radical (unpaired) electrons. The van der Waals surface area contributed by atoms with Crippen molar-refractivity contribution in [2.24, 2.45) is 0 Å². The summed E-state index contributed by atoms with van der Waals surface area (Å²) < 4.78 is 10.2. The van der Waals surface area contributed by atoms with Crippen molar-refractivity contribution in [3.8, 4) is 0 Å². The summed E-state index contributed by atoms with van der Waals surface area (Å²) in [4.78, 5) is 40.5. The van der Waals surface area contributed by atoms with Gasteiger partial charge in [-0.2, -0.15) is 4.79 Å². The van der Waals surface area contributed by atoms with E-state index in [1.54, 1.807) is 6.92 Å². The molecule has 0 unspecified atom stereocenters. The molecular formula is C16H26N4O5. The Labute approximate surface area is 147 Å². The van der Waals surface area contributed by atoms with Gasteiger partial charge in [0, 0.05) is 20.1 Å². The van der Waals surface area contributed by atoms with Crippen LogP contribution in [-0.2, 0) is 23.9 Å². The summed E-state index contributed by atoms with van der Waals surface area (Å²) >= 11 is 0. The van der Waals surface area contributed by atoms with Crippen LogP contribution in [0, 0.1) is 0 Å². The highest BCUT2D eigenvalue weighted by Gasteiger charge is 2.26. The molecule has 0 aliphatic carbocycles. The summed E-state index contributed by atoms with van der Waals surface area (Å²) in [6.07, 6.45) is 2.32. The number of rotatable bonds is 11. The normalized spacial score (nSPS) is 16.6. The predicted molar refractivity (Wildman–Crippen MR) is 89.0 cm³/mol. The molecule has 2 atom stereocenters. The third-order valence-corrected chi connectivity index (χ3v) is 4.06. The summed E-state index contributed by atoms with van der Waals surface area (Å²) in [7, 11) is 1.38. The summed E-state index contributed by atoms with van der Waals surface area (Å²) in [5.74, 6) is -1.51. The Morgan fingerprint density at radius 3 is 2.60 bits per heavy atom. The SMILES string of the molecule is CO[C@@H](C)C(=O)N[C@@H](CCC(=O)C=[N+]=[N-])C(=O)OCCN1CCCC1. The van der Waals surface area contributed by atoms with Crippen LogP contribution in [0.3, 0.4) is 0 Å².